The Balaban J connectivity index is 1.64. The van der Waals surface area contributed by atoms with Gasteiger partial charge in [-0.05, 0) is 37.0 Å². The molecule has 0 spiro atoms. The van der Waals surface area contributed by atoms with Gasteiger partial charge in [0.15, 0.2) is 5.13 Å². The van der Waals surface area contributed by atoms with Crippen LogP contribution in [0.1, 0.15) is 39.3 Å². The Labute approximate surface area is 145 Å². The largest absolute Gasteiger partial charge is 0.416 e. The first-order chi connectivity index (χ1) is 11.8. The van der Waals surface area contributed by atoms with Gasteiger partial charge in [0.25, 0.3) is 11.8 Å². The van der Waals surface area contributed by atoms with Crippen molar-refractivity contribution in [3.05, 3.63) is 46.5 Å². The molecule has 1 saturated carbocycles. The van der Waals surface area contributed by atoms with E-state index in [1.807, 2.05) is 0 Å². The zero-order valence-electron chi connectivity index (χ0n) is 12.9. The molecular formula is C16H14F3N3O2S. The molecule has 9 heteroatoms. The predicted molar refractivity (Wildman–Crippen MR) is 86.6 cm³/mol. The molecule has 0 unspecified atom stereocenters. The number of nitrogens with zero attached hydrogens (tertiary/aromatic N) is 1. The maximum atomic E-state index is 12.7. The number of amides is 2. The summed E-state index contributed by atoms with van der Waals surface area (Å²) >= 11 is 1.03. The number of hydrogen-bond donors (Lipinski definition) is 2. The second kappa shape index (κ2) is 6.83. The third kappa shape index (κ3) is 4.56. The molecule has 2 N–H and O–H groups in total. The van der Waals surface area contributed by atoms with Crippen molar-refractivity contribution in [2.45, 2.75) is 19.0 Å². The first-order valence-corrected chi connectivity index (χ1v) is 8.43. The highest BCUT2D eigenvalue weighted by atomic mass is 32.1. The monoisotopic (exact) mass is 369 g/mol. The Morgan fingerprint density at radius 2 is 2.00 bits per heavy atom. The van der Waals surface area contributed by atoms with E-state index in [9.17, 15) is 22.8 Å². The molecule has 132 valence electrons. The van der Waals surface area contributed by atoms with E-state index >= 15 is 0 Å². The number of benzene rings is 1. The lowest BCUT2D eigenvalue weighted by atomic mass is 10.1. The molecule has 0 bridgehead atoms. The van der Waals surface area contributed by atoms with Gasteiger partial charge in [0.1, 0.15) is 5.69 Å². The average molecular weight is 369 g/mol. The van der Waals surface area contributed by atoms with Crippen molar-refractivity contribution in [3.63, 3.8) is 0 Å². The topological polar surface area (TPSA) is 71.1 Å². The molecule has 0 radical (unpaired) electrons. The van der Waals surface area contributed by atoms with Crippen LogP contribution in [0.5, 0.6) is 0 Å². The van der Waals surface area contributed by atoms with E-state index in [2.05, 4.69) is 15.6 Å². The summed E-state index contributed by atoms with van der Waals surface area (Å²) in [6.45, 7) is 0.599. The van der Waals surface area contributed by atoms with Crippen LogP contribution in [-0.4, -0.2) is 23.3 Å². The van der Waals surface area contributed by atoms with Crippen molar-refractivity contribution in [2.75, 3.05) is 11.9 Å². The van der Waals surface area contributed by atoms with Gasteiger partial charge in [-0.15, -0.1) is 11.3 Å². The summed E-state index contributed by atoms with van der Waals surface area (Å²) in [5.74, 6) is -0.518. The van der Waals surface area contributed by atoms with Crippen LogP contribution in [0.15, 0.2) is 29.6 Å². The number of anilines is 1. The number of alkyl halides is 3. The molecular weight excluding hydrogens is 355 g/mol. The second-order valence-electron chi connectivity index (χ2n) is 5.72. The lowest BCUT2D eigenvalue weighted by Crippen LogP contribution is -2.25. The van der Waals surface area contributed by atoms with Gasteiger partial charge in [0, 0.05) is 17.5 Å². The summed E-state index contributed by atoms with van der Waals surface area (Å²) in [4.78, 5) is 28.0. The molecule has 1 aliphatic rings. The van der Waals surface area contributed by atoms with Crippen molar-refractivity contribution in [3.8, 4) is 0 Å². The Morgan fingerprint density at radius 1 is 1.24 bits per heavy atom. The number of nitrogens with one attached hydrogen (secondary N) is 2. The summed E-state index contributed by atoms with van der Waals surface area (Å²) in [5, 5.41) is 6.80. The Bertz CT molecular complexity index is 800. The fourth-order valence-corrected chi connectivity index (χ4v) is 2.78. The predicted octanol–water partition coefficient (Wildman–Crippen LogP) is 3.55. The van der Waals surface area contributed by atoms with Crippen LogP contribution in [0.25, 0.3) is 0 Å². The van der Waals surface area contributed by atoms with Gasteiger partial charge in [-0.1, -0.05) is 6.07 Å². The van der Waals surface area contributed by atoms with E-state index < -0.39 is 17.6 Å². The number of thiazole rings is 1. The van der Waals surface area contributed by atoms with Crippen molar-refractivity contribution in [1.29, 1.82) is 0 Å². The minimum atomic E-state index is -4.52. The number of carbonyl (C=O) groups is 2. The smallest absolute Gasteiger partial charge is 0.350 e. The normalized spacial score (nSPS) is 14.2. The van der Waals surface area contributed by atoms with E-state index in [1.54, 1.807) is 0 Å². The molecule has 25 heavy (non-hydrogen) atoms. The molecule has 0 atom stereocenters. The zero-order valence-corrected chi connectivity index (χ0v) is 13.7. The van der Waals surface area contributed by atoms with Crippen LogP contribution in [0.2, 0.25) is 0 Å². The lowest BCUT2D eigenvalue weighted by molar-refractivity contribution is -0.137. The maximum absolute atomic E-state index is 12.7. The van der Waals surface area contributed by atoms with Crippen LogP contribution in [0, 0.1) is 5.92 Å². The molecule has 0 saturated heterocycles. The Hall–Kier alpha value is -2.42. The average Bonchev–Trinajstić information content (AvgIpc) is 3.29. The minimum Gasteiger partial charge on any atom is -0.350 e. The van der Waals surface area contributed by atoms with Gasteiger partial charge in [0.2, 0.25) is 0 Å². The van der Waals surface area contributed by atoms with Gasteiger partial charge >= 0.3 is 6.18 Å². The van der Waals surface area contributed by atoms with E-state index in [1.165, 1.54) is 11.4 Å². The van der Waals surface area contributed by atoms with Gasteiger partial charge < -0.3 is 5.32 Å². The van der Waals surface area contributed by atoms with Crippen LogP contribution >= 0.6 is 11.3 Å². The molecule has 1 aliphatic carbocycles. The molecule has 1 fully saturated rings. The zero-order chi connectivity index (χ0) is 18.0. The summed E-state index contributed by atoms with van der Waals surface area (Å²) < 4.78 is 38.1. The van der Waals surface area contributed by atoms with Gasteiger partial charge in [-0.25, -0.2) is 4.98 Å². The highest BCUT2D eigenvalue weighted by Crippen LogP contribution is 2.30. The molecule has 2 aromatic rings. The van der Waals surface area contributed by atoms with Crippen LogP contribution in [-0.2, 0) is 6.18 Å². The molecule has 3 rings (SSSR count). The van der Waals surface area contributed by atoms with E-state index in [0.717, 1.165) is 42.4 Å². The van der Waals surface area contributed by atoms with Crippen LogP contribution in [0.4, 0.5) is 18.3 Å². The first-order valence-electron chi connectivity index (χ1n) is 7.55. The van der Waals surface area contributed by atoms with Gasteiger partial charge in [0.05, 0.1) is 5.56 Å². The van der Waals surface area contributed by atoms with Gasteiger partial charge in [-0.2, -0.15) is 13.2 Å². The first kappa shape index (κ1) is 17.4. The van der Waals surface area contributed by atoms with E-state index in [0.29, 0.717) is 12.5 Å². The third-order valence-corrected chi connectivity index (χ3v) is 4.42. The number of aromatic nitrogens is 1. The fourth-order valence-electron chi connectivity index (χ4n) is 2.09. The summed E-state index contributed by atoms with van der Waals surface area (Å²) in [5.41, 5.74) is -0.866. The van der Waals surface area contributed by atoms with E-state index in [4.69, 9.17) is 0 Å². The highest BCUT2D eigenvalue weighted by molar-refractivity contribution is 7.14. The number of halogens is 3. The molecule has 2 amide bonds. The summed E-state index contributed by atoms with van der Waals surface area (Å²) in [6.07, 6.45) is -2.31. The summed E-state index contributed by atoms with van der Waals surface area (Å²) in [7, 11) is 0. The minimum absolute atomic E-state index is 0.134. The number of carbonyl (C=O) groups excluding carboxylic acids is 2. The number of hydrogen-bond acceptors (Lipinski definition) is 4. The Morgan fingerprint density at radius 3 is 2.68 bits per heavy atom. The van der Waals surface area contributed by atoms with Crippen molar-refractivity contribution in [2.24, 2.45) is 5.92 Å². The SMILES string of the molecule is O=C(Nc1nc(C(=O)NCC2CC2)cs1)c1cccc(C(F)(F)F)c1. The van der Waals surface area contributed by atoms with Crippen LogP contribution < -0.4 is 10.6 Å². The standard InChI is InChI=1S/C16H14F3N3O2S/c17-16(18,19)11-3-1-2-10(6-11)13(23)22-15-21-12(8-25-15)14(24)20-7-9-4-5-9/h1-3,6,8-9H,4-5,7H2,(H,20,24)(H,21,22,23). The number of rotatable bonds is 5. The maximum Gasteiger partial charge on any atom is 0.416 e. The third-order valence-electron chi connectivity index (χ3n) is 3.66. The molecule has 0 aliphatic heterocycles. The lowest BCUT2D eigenvalue weighted by Gasteiger charge is -2.08. The van der Waals surface area contributed by atoms with E-state index in [-0.39, 0.29) is 22.3 Å². The fraction of sp³-hybridized carbons (Fsp3) is 0.312. The van der Waals surface area contributed by atoms with Gasteiger partial charge in [-0.3, -0.25) is 14.9 Å². The molecule has 1 aromatic carbocycles. The quantitative estimate of drug-likeness (QED) is 0.847. The summed E-state index contributed by atoms with van der Waals surface area (Å²) in [6, 6.07) is 4.10. The Kier molecular flexibility index (Phi) is 4.76. The van der Waals surface area contributed by atoms with Crippen molar-refractivity contribution in [1.82, 2.24) is 10.3 Å². The molecule has 1 heterocycles. The van der Waals surface area contributed by atoms with Crippen molar-refractivity contribution < 1.29 is 22.8 Å². The molecule has 5 nitrogen and oxygen atoms in total. The van der Waals surface area contributed by atoms with Crippen molar-refractivity contribution >= 4 is 28.3 Å². The highest BCUT2D eigenvalue weighted by Gasteiger charge is 2.31. The second-order valence-corrected chi connectivity index (χ2v) is 6.58. The molecule has 1 aromatic heterocycles. The van der Waals surface area contributed by atoms with Crippen LogP contribution in [0.3, 0.4) is 0 Å².